The number of methoxy groups -OCH3 is 1. The van der Waals surface area contributed by atoms with Crippen LogP contribution in [0.15, 0.2) is 18.2 Å². The molecular weight excluding hydrogens is 216 g/mol. The standard InChI is InChI=1S/C13H18N2O2/c1-15-12-4-3-11(17-2)8-10(12)7-9(5-6-14)13(15)16/h3-4,8-9H,5-7,14H2,1-2H3/t9-/m1/s1. The molecule has 4 nitrogen and oxygen atoms in total. The third kappa shape index (κ3) is 2.13. The molecule has 0 aliphatic carbocycles. The van der Waals surface area contributed by atoms with Crippen LogP contribution < -0.4 is 15.4 Å². The maximum Gasteiger partial charge on any atom is 0.230 e. The Hall–Kier alpha value is -1.55. The van der Waals surface area contributed by atoms with Gasteiger partial charge in [-0.05, 0) is 43.1 Å². The van der Waals surface area contributed by atoms with Gasteiger partial charge in [-0.15, -0.1) is 0 Å². The molecular formula is C13H18N2O2. The Labute approximate surface area is 101 Å². The van der Waals surface area contributed by atoms with Crippen LogP contribution in [0, 0.1) is 5.92 Å². The number of anilines is 1. The fraction of sp³-hybridized carbons (Fsp3) is 0.462. The van der Waals surface area contributed by atoms with Gasteiger partial charge >= 0.3 is 0 Å². The molecule has 0 spiro atoms. The van der Waals surface area contributed by atoms with Crippen LogP contribution in [0.5, 0.6) is 5.75 Å². The molecule has 1 aromatic carbocycles. The lowest BCUT2D eigenvalue weighted by Gasteiger charge is -2.31. The summed E-state index contributed by atoms with van der Waals surface area (Å²) in [5, 5.41) is 0. The minimum Gasteiger partial charge on any atom is -0.497 e. The van der Waals surface area contributed by atoms with E-state index in [1.165, 1.54) is 0 Å². The summed E-state index contributed by atoms with van der Waals surface area (Å²) in [5.74, 6) is 0.996. The number of amides is 1. The molecule has 0 saturated heterocycles. The summed E-state index contributed by atoms with van der Waals surface area (Å²) in [6, 6.07) is 5.82. The number of carbonyl (C=O) groups excluding carboxylic acids is 1. The first-order chi connectivity index (χ1) is 8.17. The quantitative estimate of drug-likeness (QED) is 0.854. The summed E-state index contributed by atoms with van der Waals surface area (Å²) >= 11 is 0. The fourth-order valence-electron chi connectivity index (χ4n) is 2.35. The van der Waals surface area contributed by atoms with Crippen LogP contribution in [0.1, 0.15) is 12.0 Å². The van der Waals surface area contributed by atoms with Gasteiger partial charge in [0, 0.05) is 18.7 Å². The number of ether oxygens (including phenoxy) is 1. The van der Waals surface area contributed by atoms with Crippen LogP contribution in [-0.4, -0.2) is 26.6 Å². The van der Waals surface area contributed by atoms with Gasteiger partial charge in [0.1, 0.15) is 5.75 Å². The summed E-state index contributed by atoms with van der Waals surface area (Å²) in [5.41, 5.74) is 7.68. The number of hydrogen-bond acceptors (Lipinski definition) is 3. The van der Waals surface area contributed by atoms with E-state index in [4.69, 9.17) is 10.5 Å². The molecule has 2 rings (SSSR count). The van der Waals surface area contributed by atoms with E-state index >= 15 is 0 Å². The Bertz CT molecular complexity index is 431. The van der Waals surface area contributed by atoms with Crippen LogP contribution >= 0.6 is 0 Å². The van der Waals surface area contributed by atoms with Gasteiger partial charge in [0.05, 0.1) is 7.11 Å². The van der Waals surface area contributed by atoms with Crippen LogP contribution in [0.3, 0.4) is 0 Å². The highest BCUT2D eigenvalue weighted by molar-refractivity contribution is 5.97. The molecule has 1 aliphatic heterocycles. The summed E-state index contributed by atoms with van der Waals surface area (Å²) in [4.78, 5) is 13.8. The lowest BCUT2D eigenvalue weighted by atomic mass is 9.89. The Kier molecular flexibility index (Phi) is 3.33. The second-order valence-electron chi connectivity index (χ2n) is 4.37. The molecule has 0 saturated carbocycles. The van der Waals surface area contributed by atoms with Crippen LogP contribution in [-0.2, 0) is 11.2 Å². The predicted molar refractivity (Wildman–Crippen MR) is 67.3 cm³/mol. The van der Waals surface area contributed by atoms with E-state index in [1.54, 1.807) is 12.0 Å². The maximum absolute atomic E-state index is 12.1. The lowest BCUT2D eigenvalue weighted by Crippen LogP contribution is -2.39. The van der Waals surface area contributed by atoms with E-state index in [-0.39, 0.29) is 11.8 Å². The highest BCUT2D eigenvalue weighted by Crippen LogP contribution is 2.33. The third-order valence-corrected chi connectivity index (χ3v) is 3.31. The maximum atomic E-state index is 12.1. The van der Waals surface area contributed by atoms with Crippen molar-refractivity contribution in [2.45, 2.75) is 12.8 Å². The van der Waals surface area contributed by atoms with Gasteiger partial charge < -0.3 is 15.4 Å². The van der Waals surface area contributed by atoms with Crippen LogP contribution in [0.25, 0.3) is 0 Å². The zero-order valence-corrected chi connectivity index (χ0v) is 10.3. The number of carbonyl (C=O) groups is 1. The molecule has 1 heterocycles. The Morgan fingerprint density at radius 1 is 1.53 bits per heavy atom. The Balaban J connectivity index is 2.35. The molecule has 0 fully saturated rings. The number of nitrogens with two attached hydrogens (primary N) is 1. The van der Waals surface area contributed by atoms with Gasteiger partial charge in [-0.25, -0.2) is 0 Å². The van der Waals surface area contributed by atoms with Crippen LogP contribution in [0.4, 0.5) is 5.69 Å². The normalized spacial score (nSPS) is 19.1. The highest BCUT2D eigenvalue weighted by Gasteiger charge is 2.30. The molecule has 1 atom stereocenters. The second-order valence-corrected chi connectivity index (χ2v) is 4.37. The lowest BCUT2D eigenvalue weighted by molar-refractivity contribution is -0.122. The zero-order chi connectivity index (χ0) is 12.4. The van der Waals surface area contributed by atoms with E-state index in [2.05, 4.69) is 0 Å². The molecule has 4 heteroatoms. The smallest absolute Gasteiger partial charge is 0.230 e. The molecule has 0 unspecified atom stereocenters. The molecule has 17 heavy (non-hydrogen) atoms. The van der Waals surface area contributed by atoms with Gasteiger partial charge in [0.15, 0.2) is 0 Å². The minimum absolute atomic E-state index is 0.00426. The van der Waals surface area contributed by atoms with Crippen molar-refractivity contribution in [3.8, 4) is 5.75 Å². The van der Waals surface area contributed by atoms with Crippen molar-refractivity contribution >= 4 is 11.6 Å². The molecule has 0 radical (unpaired) electrons. The van der Waals surface area contributed by atoms with Crippen molar-refractivity contribution < 1.29 is 9.53 Å². The van der Waals surface area contributed by atoms with Crippen molar-refractivity contribution in [2.24, 2.45) is 11.7 Å². The van der Waals surface area contributed by atoms with E-state index in [0.29, 0.717) is 6.54 Å². The number of hydrogen-bond donors (Lipinski definition) is 1. The third-order valence-electron chi connectivity index (χ3n) is 3.31. The van der Waals surface area contributed by atoms with Gasteiger partial charge in [-0.2, -0.15) is 0 Å². The van der Waals surface area contributed by atoms with Gasteiger partial charge in [-0.1, -0.05) is 0 Å². The monoisotopic (exact) mass is 234 g/mol. The number of rotatable bonds is 3. The van der Waals surface area contributed by atoms with E-state index < -0.39 is 0 Å². The number of benzene rings is 1. The fourth-order valence-corrected chi connectivity index (χ4v) is 2.35. The van der Waals surface area contributed by atoms with Gasteiger partial charge in [0.25, 0.3) is 0 Å². The largest absolute Gasteiger partial charge is 0.497 e. The summed E-state index contributed by atoms with van der Waals surface area (Å²) in [6.45, 7) is 0.545. The first kappa shape index (κ1) is 11.9. The zero-order valence-electron chi connectivity index (χ0n) is 10.3. The SMILES string of the molecule is COc1ccc2c(c1)C[C@@H](CCN)C(=O)N2C. The van der Waals surface area contributed by atoms with Gasteiger partial charge in [-0.3, -0.25) is 4.79 Å². The number of fused-ring (bicyclic) bond motifs is 1. The molecule has 0 bridgehead atoms. The molecule has 1 amide bonds. The van der Waals surface area contributed by atoms with Crippen molar-refractivity contribution in [3.05, 3.63) is 23.8 Å². The summed E-state index contributed by atoms with van der Waals surface area (Å²) in [7, 11) is 3.47. The van der Waals surface area contributed by atoms with Crippen molar-refractivity contribution in [2.75, 3.05) is 25.6 Å². The van der Waals surface area contributed by atoms with E-state index in [1.807, 2.05) is 25.2 Å². The van der Waals surface area contributed by atoms with Gasteiger partial charge in [0.2, 0.25) is 5.91 Å². The molecule has 0 aromatic heterocycles. The summed E-state index contributed by atoms with van der Waals surface area (Å²) in [6.07, 6.45) is 1.49. The predicted octanol–water partition coefficient (Wildman–Crippen LogP) is 1.18. The first-order valence-corrected chi connectivity index (χ1v) is 5.82. The van der Waals surface area contributed by atoms with E-state index in [9.17, 15) is 4.79 Å². The van der Waals surface area contributed by atoms with Crippen molar-refractivity contribution in [1.82, 2.24) is 0 Å². The first-order valence-electron chi connectivity index (χ1n) is 5.82. The Morgan fingerprint density at radius 3 is 2.94 bits per heavy atom. The number of nitrogens with zero attached hydrogens (tertiary/aromatic N) is 1. The molecule has 92 valence electrons. The topological polar surface area (TPSA) is 55.6 Å². The Morgan fingerprint density at radius 2 is 2.29 bits per heavy atom. The van der Waals surface area contributed by atoms with E-state index in [0.717, 1.165) is 29.8 Å². The average Bonchev–Trinajstić information content (AvgIpc) is 2.35. The molecule has 2 N–H and O–H groups in total. The minimum atomic E-state index is 0.00426. The molecule has 1 aliphatic rings. The van der Waals surface area contributed by atoms with Crippen molar-refractivity contribution in [3.63, 3.8) is 0 Å². The van der Waals surface area contributed by atoms with Crippen molar-refractivity contribution in [1.29, 1.82) is 0 Å². The average molecular weight is 234 g/mol. The van der Waals surface area contributed by atoms with Crippen LogP contribution in [0.2, 0.25) is 0 Å². The molecule has 1 aromatic rings. The highest BCUT2D eigenvalue weighted by atomic mass is 16.5. The summed E-state index contributed by atoms with van der Waals surface area (Å²) < 4.78 is 5.21. The second kappa shape index (κ2) is 4.75.